The summed E-state index contributed by atoms with van der Waals surface area (Å²) in [5.74, 6) is 0. The summed E-state index contributed by atoms with van der Waals surface area (Å²) < 4.78 is 42.4. The molecule has 4 nitrogen and oxygen atoms in total. The summed E-state index contributed by atoms with van der Waals surface area (Å²) in [5.41, 5.74) is 4.97. The molecule has 1 aliphatic rings. The van der Waals surface area contributed by atoms with Crippen LogP contribution in [-0.4, -0.2) is 25.3 Å². The fraction of sp³-hybridized carbons (Fsp3) is 0.462. The van der Waals surface area contributed by atoms with Gasteiger partial charge in [-0.3, -0.25) is 0 Å². The van der Waals surface area contributed by atoms with Gasteiger partial charge in [-0.15, -0.1) is 0 Å². The summed E-state index contributed by atoms with van der Waals surface area (Å²) >= 11 is 0. The molecule has 1 atom stereocenters. The monoisotopic (exact) mass is 288 g/mol. The van der Waals surface area contributed by atoms with Gasteiger partial charge in [0, 0.05) is 12.2 Å². The number of benzene rings is 1. The van der Waals surface area contributed by atoms with Crippen molar-refractivity contribution in [1.82, 2.24) is 0 Å². The number of hydrogen-bond acceptors (Lipinski definition) is 3. The van der Waals surface area contributed by atoms with E-state index in [9.17, 15) is 18.0 Å². The number of piperidine rings is 1. The van der Waals surface area contributed by atoms with E-state index in [1.54, 1.807) is 0 Å². The number of ether oxygens (including phenoxy) is 1. The second-order valence-electron chi connectivity index (χ2n) is 4.69. The van der Waals surface area contributed by atoms with E-state index in [0.29, 0.717) is 25.2 Å². The van der Waals surface area contributed by atoms with Gasteiger partial charge in [0.15, 0.2) is 0 Å². The van der Waals surface area contributed by atoms with Crippen LogP contribution in [0.2, 0.25) is 0 Å². The van der Waals surface area contributed by atoms with Crippen molar-refractivity contribution in [3.8, 4) is 0 Å². The lowest BCUT2D eigenvalue weighted by Gasteiger charge is -2.33. The summed E-state index contributed by atoms with van der Waals surface area (Å²) in [4.78, 5) is 12.6. The first-order valence-electron chi connectivity index (χ1n) is 6.24. The highest BCUT2D eigenvalue weighted by Gasteiger charge is 2.30. The predicted molar refractivity (Wildman–Crippen MR) is 67.3 cm³/mol. The van der Waals surface area contributed by atoms with Crippen molar-refractivity contribution < 1.29 is 22.7 Å². The molecule has 1 aromatic carbocycles. The Labute approximate surface area is 114 Å². The van der Waals surface area contributed by atoms with Gasteiger partial charge in [-0.05, 0) is 37.1 Å². The molecule has 20 heavy (non-hydrogen) atoms. The van der Waals surface area contributed by atoms with Crippen molar-refractivity contribution in [2.45, 2.75) is 25.1 Å². The smallest absolute Gasteiger partial charge is 0.416 e. The lowest BCUT2D eigenvalue weighted by Crippen LogP contribution is -2.41. The number of primary amides is 1. The van der Waals surface area contributed by atoms with Gasteiger partial charge in [-0.1, -0.05) is 0 Å². The SMILES string of the molecule is NC(=O)OC1CCCN(c2ccc(C(F)(F)F)cc2)C1. The lowest BCUT2D eigenvalue weighted by atomic mass is 10.1. The molecule has 0 aromatic heterocycles. The van der Waals surface area contributed by atoms with E-state index < -0.39 is 17.8 Å². The van der Waals surface area contributed by atoms with Crippen LogP contribution in [0.4, 0.5) is 23.7 Å². The maximum atomic E-state index is 12.5. The highest BCUT2D eigenvalue weighted by molar-refractivity contribution is 5.65. The molecular weight excluding hydrogens is 273 g/mol. The number of carbonyl (C=O) groups is 1. The van der Waals surface area contributed by atoms with Crippen LogP contribution >= 0.6 is 0 Å². The Bertz CT molecular complexity index is 473. The van der Waals surface area contributed by atoms with Crippen molar-refractivity contribution >= 4 is 11.8 Å². The quantitative estimate of drug-likeness (QED) is 0.910. The van der Waals surface area contributed by atoms with Crippen LogP contribution in [0.15, 0.2) is 24.3 Å². The van der Waals surface area contributed by atoms with Crippen molar-refractivity contribution in [3.63, 3.8) is 0 Å². The van der Waals surface area contributed by atoms with E-state index in [1.807, 2.05) is 4.90 Å². The van der Waals surface area contributed by atoms with Gasteiger partial charge >= 0.3 is 12.3 Å². The number of hydrogen-bond donors (Lipinski definition) is 1. The van der Waals surface area contributed by atoms with Crippen LogP contribution in [-0.2, 0) is 10.9 Å². The Morgan fingerprint density at radius 2 is 1.95 bits per heavy atom. The molecule has 2 N–H and O–H groups in total. The van der Waals surface area contributed by atoms with Gasteiger partial charge in [0.25, 0.3) is 0 Å². The molecular formula is C13H15F3N2O2. The van der Waals surface area contributed by atoms with Crippen LogP contribution in [0.3, 0.4) is 0 Å². The van der Waals surface area contributed by atoms with Crippen molar-refractivity contribution in [2.24, 2.45) is 5.73 Å². The zero-order valence-corrected chi connectivity index (χ0v) is 10.7. The Hall–Kier alpha value is -1.92. The molecule has 0 aliphatic carbocycles. The van der Waals surface area contributed by atoms with Crippen LogP contribution in [0.5, 0.6) is 0 Å². The summed E-state index contributed by atoms with van der Waals surface area (Å²) in [7, 11) is 0. The molecule has 0 saturated carbocycles. The molecule has 110 valence electrons. The first kappa shape index (κ1) is 14.5. The summed E-state index contributed by atoms with van der Waals surface area (Å²) in [5, 5.41) is 0. The highest BCUT2D eigenvalue weighted by Crippen LogP contribution is 2.31. The number of alkyl halides is 3. The standard InChI is InChI=1S/C13H15F3N2O2/c14-13(15,16)9-3-5-10(6-4-9)18-7-1-2-11(8-18)20-12(17)19/h3-6,11H,1-2,7-8H2,(H2,17,19). The molecule has 1 aliphatic heterocycles. The zero-order valence-electron chi connectivity index (χ0n) is 10.7. The van der Waals surface area contributed by atoms with E-state index in [1.165, 1.54) is 12.1 Å². The molecule has 1 unspecified atom stereocenters. The molecule has 2 rings (SSSR count). The molecule has 0 spiro atoms. The number of nitrogens with two attached hydrogens (primary N) is 1. The van der Waals surface area contributed by atoms with Crippen LogP contribution in [0, 0.1) is 0 Å². The minimum Gasteiger partial charge on any atom is -0.445 e. The Morgan fingerprint density at radius 1 is 1.30 bits per heavy atom. The van der Waals surface area contributed by atoms with E-state index in [4.69, 9.17) is 10.5 Å². The molecule has 1 fully saturated rings. The average Bonchev–Trinajstić information content (AvgIpc) is 2.37. The van der Waals surface area contributed by atoms with Gasteiger partial charge in [0.1, 0.15) is 6.10 Å². The van der Waals surface area contributed by atoms with E-state index in [2.05, 4.69) is 0 Å². The normalized spacial score (nSPS) is 19.8. The van der Waals surface area contributed by atoms with Crippen molar-refractivity contribution in [1.29, 1.82) is 0 Å². The van der Waals surface area contributed by atoms with Gasteiger partial charge in [0.2, 0.25) is 0 Å². The van der Waals surface area contributed by atoms with Crippen LogP contribution < -0.4 is 10.6 Å². The van der Waals surface area contributed by atoms with E-state index in [-0.39, 0.29) is 6.10 Å². The summed E-state index contributed by atoms with van der Waals surface area (Å²) in [6.45, 7) is 1.15. The number of rotatable bonds is 2. The fourth-order valence-electron chi connectivity index (χ4n) is 2.29. The van der Waals surface area contributed by atoms with E-state index >= 15 is 0 Å². The predicted octanol–water partition coefficient (Wildman–Crippen LogP) is 2.77. The van der Waals surface area contributed by atoms with Gasteiger partial charge < -0.3 is 15.4 Å². The zero-order chi connectivity index (χ0) is 14.8. The number of halogens is 3. The fourth-order valence-corrected chi connectivity index (χ4v) is 2.29. The minimum atomic E-state index is -4.34. The number of nitrogens with zero attached hydrogens (tertiary/aromatic N) is 1. The maximum Gasteiger partial charge on any atom is 0.416 e. The first-order valence-corrected chi connectivity index (χ1v) is 6.24. The van der Waals surface area contributed by atoms with Crippen LogP contribution in [0.1, 0.15) is 18.4 Å². The Balaban J connectivity index is 2.05. The molecule has 1 saturated heterocycles. The third-order valence-electron chi connectivity index (χ3n) is 3.22. The Morgan fingerprint density at radius 3 is 2.50 bits per heavy atom. The molecule has 0 radical (unpaired) electrons. The highest BCUT2D eigenvalue weighted by atomic mass is 19.4. The van der Waals surface area contributed by atoms with Crippen molar-refractivity contribution in [2.75, 3.05) is 18.0 Å². The molecule has 0 bridgehead atoms. The van der Waals surface area contributed by atoms with Crippen LogP contribution in [0.25, 0.3) is 0 Å². The minimum absolute atomic E-state index is 0.316. The molecule has 7 heteroatoms. The molecule has 1 aromatic rings. The topological polar surface area (TPSA) is 55.6 Å². The maximum absolute atomic E-state index is 12.5. The second kappa shape index (κ2) is 5.60. The third-order valence-corrected chi connectivity index (χ3v) is 3.22. The average molecular weight is 288 g/mol. The summed E-state index contributed by atoms with van der Waals surface area (Å²) in [6.07, 6.45) is -3.98. The van der Waals surface area contributed by atoms with Crippen molar-refractivity contribution in [3.05, 3.63) is 29.8 Å². The van der Waals surface area contributed by atoms with Gasteiger partial charge in [-0.2, -0.15) is 13.2 Å². The van der Waals surface area contributed by atoms with E-state index in [0.717, 1.165) is 18.6 Å². The largest absolute Gasteiger partial charge is 0.445 e. The third kappa shape index (κ3) is 3.55. The number of carbonyl (C=O) groups excluding carboxylic acids is 1. The number of amides is 1. The second-order valence-corrected chi connectivity index (χ2v) is 4.69. The molecule has 1 amide bonds. The lowest BCUT2D eigenvalue weighted by molar-refractivity contribution is -0.137. The Kier molecular flexibility index (Phi) is 4.06. The number of anilines is 1. The van der Waals surface area contributed by atoms with Gasteiger partial charge in [0.05, 0.1) is 12.1 Å². The first-order chi connectivity index (χ1) is 9.36. The summed E-state index contributed by atoms with van der Waals surface area (Å²) in [6, 6.07) is 4.95. The van der Waals surface area contributed by atoms with Gasteiger partial charge in [-0.25, -0.2) is 4.79 Å². The molecule has 1 heterocycles.